The van der Waals surface area contributed by atoms with Crippen LogP contribution in [-0.2, 0) is 4.79 Å². The Hall–Kier alpha value is -1.46. The third kappa shape index (κ3) is 2.29. The van der Waals surface area contributed by atoms with Gasteiger partial charge in [-0.2, -0.15) is 0 Å². The summed E-state index contributed by atoms with van der Waals surface area (Å²) in [6.07, 6.45) is 5.61. The molecule has 2 aliphatic heterocycles. The van der Waals surface area contributed by atoms with E-state index in [-0.39, 0.29) is 12.0 Å². The number of fused-ring (bicyclic) bond motifs is 1. The topological polar surface area (TPSA) is 45.2 Å². The molecule has 3 heterocycles. The van der Waals surface area contributed by atoms with Gasteiger partial charge in [0.1, 0.15) is 5.01 Å². The Bertz CT molecular complexity index is 747. The van der Waals surface area contributed by atoms with Gasteiger partial charge in [0.25, 0.3) is 0 Å². The lowest BCUT2D eigenvalue weighted by molar-refractivity contribution is -0.134. The largest absolute Gasteiger partial charge is 0.333 e. The van der Waals surface area contributed by atoms with Crippen molar-refractivity contribution in [3.8, 4) is 0 Å². The summed E-state index contributed by atoms with van der Waals surface area (Å²) in [6.45, 7) is 3.06. The Morgan fingerprint density at radius 3 is 2.96 bits per heavy atom. The van der Waals surface area contributed by atoms with Crippen LogP contribution in [0.25, 0.3) is 10.2 Å². The Kier molecular flexibility index (Phi) is 3.42. The Morgan fingerprint density at radius 2 is 2.12 bits per heavy atom. The minimum atomic E-state index is 0.203. The number of aromatic nitrogens is 1. The fraction of sp³-hybridized carbons (Fsp3) is 0.579. The molecule has 5 rings (SSSR count). The van der Waals surface area contributed by atoms with Gasteiger partial charge in [0.15, 0.2) is 0 Å². The van der Waals surface area contributed by atoms with Crippen LogP contribution in [0.5, 0.6) is 0 Å². The molecule has 0 bridgehead atoms. The average molecular weight is 341 g/mol. The predicted octanol–water partition coefficient (Wildman–Crippen LogP) is 3.35. The summed E-state index contributed by atoms with van der Waals surface area (Å²) in [5, 5.41) is 4.55. The molecule has 126 valence electrons. The van der Waals surface area contributed by atoms with Gasteiger partial charge in [0, 0.05) is 12.5 Å². The van der Waals surface area contributed by atoms with Crippen molar-refractivity contribution < 1.29 is 4.79 Å². The minimum Gasteiger partial charge on any atom is -0.333 e. The van der Waals surface area contributed by atoms with Crippen LogP contribution in [0.1, 0.15) is 43.2 Å². The van der Waals surface area contributed by atoms with Crippen molar-refractivity contribution in [2.45, 2.75) is 38.1 Å². The molecule has 2 unspecified atom stereocenters. The van der Waals surface area contributed by atoms with Crippen molar-refractivity contribution in [3.05, 3.63) is 29.3 Å². The summed E-state index contributed by atoms with van der Waals surface area (Å²) in [5.74, 6) is 0.674. The Morgan fingerprint density at radius 1 is 1.29 bits per heavy atom. The lowest BCUT2D eigenvalue weighted by Gasteiger charge is -2.27. The van der Waals surface area contributed by atoms with Gasteiger partial charge in [-0.1, -0.05) is 12.1 Å². The molecule has 3 aliphatic rings. The van der Waals surface area contributed by atoms with E-state index in [1.54, 1.807) is 11.3 Å². The summed E-state index contributed by atoms with van der Waals surface area (Å²) in [7, 11) is 0. The third-order valence-corrected chi connectivity index (χ3v) is 7.36. The molecule has 1 N–H and O–H groups in total. The molecule has 1 aromatic heterocycles. The van der Waals surface area contributed by atoms with Crippen LogP contribution >= 0.6 is 11.3 Å². The lowest BCUT2D eigenvalue weighted by Crippen LogP contribution is -2.36. The zero-order valence-corrected chi connectivity index (χ0v) is 14.6. The first-order valence-electron chi connectivity index (χ1n) is 9.14. The quantitative estimate of drug-likeness (QED) is 0.911. The molecule has 1 amide bonds. The van der Waals surface area contributed by atoms with Crippen molar-refractivity contribution in [2.24, 2.45) is 11.3 Å². The number of amides is 1. The molecule has 1 spiro atoms. The number of piperidine rings is 1. The van der Waals surface area contributed by atoms with Crippen molar-refractivity contribution in [2.75, 3.05) is 19.6 Å². The van der Waals surface area contributed by atoms with Gasteiger partial charge in [-0.25, -0.2) is 4.98 Å². The first kappa shape index (κ1) is 14.8. The van der Waals surface area contributed by atoms with Crippen LogP contribution in [0.4, 0.5) is 0 Å². The fourth-order valence-electron chi connectivity index (χ4n) is 4.69. The average Bonchev–Trinajstić information content (AvgIpc) is 3.01. The smallest absolute Gasteiger partial charge is 0.226 e. The predicted molar refractivity (Wildman–Crippen MR) is 96.0 cm³/mol. The molecule has 1 aliphatic carbocycles. The maximum atomic E-state index is 13.2. The van der Waals surface area contributed by atoms with E-state index >= 15 is 0 Å². The first-order valence-corrected chi connectivity index (χ1v) is 9.95. The molecule has 1 saturated carbocycles. The molecular weight excluding hydrogens is 318 g/mol. The zero-order valence-electron chi connectivity index (χ0n) is 13.8. The van der Waals surface area contributed by atoms with Gasteiger partial charge in [-0.15, -0.1) is 11.3 Å². The monoisotopic (exact) mass is 341 g/mol. The van der Waals surface area contributed by atoms with Gasteiger partial charge in [0.05, 0.1) is 16.3 Å². The number of para-hydroxylation sites is 1. The van der Waals surface area contributed by atoms with E-state index in [1.165, 1.54) is 17.5 Å². The molecule has 0 radical (unpaired) electrons. The first-order chi connectivity index (χ1) is 11.8. The number of nitrogens with one attached hydrogen (secondary N) is 1. The second-order valence-electron chi connectivity index (χ2n) is 7.58. The van der Waals surface area contributed by atoms with Crippen LogP contribution in [0, 0.1) is 11.3 Å². The highest BCUT2D eigenvalue weighted by molar-refractivity contribution is 7.18. The van der Waals surface area contributed by atoms with E-state index in [4.69, 9.17) is 4.98 Å². The van der Waals surface area contributed by atoms with Crippen LogP contribution in [0.3, 0.4) is 0 Å². The van der Waals surface area contributed by atoms with E-state index in [0.29, 0.717) is 11.3 Å². The van der Waals surface area contributed by atoms with E-state index in [1.807, 2.05) is 6.07 Å². The standard InChI is InChI=1S/C19H23N3OS/c23-18(13-12-19(13)7-9-20-10-8-19)22-11-3-5-15(22)17-21-14-4-1-2-6-16(14)24-17/h1-2,4,6,13,15,20H,3,5,7-12H2. The number of rotatable bonds is 2. The van der Waals surface area contributed by atoms with Crippen molar-refractivity contribution in [1.82, 2.24) is 15.2 Å². The number of thiazole rings is 1. The molecular formula is C19H23N3OS. The molecule has 1 aromatic carbocycles. The Labute approximate surface area is 146 Å². The maximum Gasteiger partial charge on any atom is 0.226 e. The summed E-state index contributed by atoms with van der Waals surface area (Å²) >= 11 is 1.76. The van der Waals surface area contributed by atoms with Crippen molar-refractivity contribution in [1.29, 1.82) is 0 Å². The second kappa shape index (κ2) is 5.53. The number of hydrogen-bond donors (Lipinski definition) is 1. The molecule has 4 nitrogen and oxygen atoms in total. The molecule has 2 atom stereocenters. The van der Waals surface area contributed by atoms with Crippen molar-refractivity contribution in [3.63, 3.8) is 0 Å². The van der Waals surface area contributed by atoms with Gasteiger partial charge >= 0.3 is 0 Å². The number of likely N-dealkylation sites (tertiary alicyclic amines) is 1. The van der Waals surface area contributed by atoms with Crippen LogP contribution in [0.2, 0.25) is 0 Å². The summed E-state index contributed by atoms with van der Waals surface area (Å²) < 4.78 is 1.23. The lowest BCUT2D eigenvalue weighted by atomic mass is 9.91. The second-order valence-corrected chi connectivity index (χ2v) is 8.64. The minimum absolute atomic E-state index is 0.203. The maximum absolute atomic E-state index is 13.2. The van der Waals surface area contributed by atoms with Crippen LogP contribution in [0.15, 0.2) is 24.3 Å². The normalized spacial score (nSPS) is 28.6. The zero-order chi connectivity index (χ0) is 16.1. The highest BCUT2D eigenvalue weighted by Gasteiger charge is 2.59. The molecule has 2 aromatic rings. The molecule has 3 fully saturated rings. The van der Waals surface area contributed by atoms with Gasteiger partial charge < -0.3 is 10.2 Å². The summed E-state index contributed by atoms with van der Waals surface area (Å²) in [5.41, 5.74) is 1.39. The fourth-order valence-corrected chi connectivity index (χ4v) is 5.81. The SMILES string of the molecule is O=C(C1CC12CCNCC2)N1CCCC1c1nc2ccccc2s1. The Balaban J connectivity index is 1.38. The molecule has 24 heavy (non-hydrogen) atoms. The number of benzene rings is 1. The van der Waals surface area contributed by atoms with E-state index < -0.39 is 0 Å². The van der Waals surface area contributed by atoms with E-state index in [9.17, 15) is 4.79 Å². The number of carbonyl (C=O) groups excluding carboxylic acids is 1. The number of carbonyl (C=O) groups is 1. The number of hydrogen-bond acceptors (Lipinski definition) is 4. The van der Waals surface area contributed by atoms with E-state index in [0.717, 1.165) is 49.4 Å². The molecule has 5 heteroatoms. The highest BCUT2D eigenvalue weighted by atomic mass is 32.1. The van der Waals surface area contributed by atoms with Gasteiger partial charge in [-0.05, 0) is 62.7 Å². The third-order valence-electron chi connectivity index (χ3n) is 6.22. The number of nitrogens with zero attached hydrogens (tertiary/aromatic N) is 2. The summed E-state index contributed by atoms with van der Waals surface area (Å²) in [6, 6.07) is 8.50. The van der Waals surface area contributed by atoms with Crippen LogP contribution < -0.4 is 5.32 Å². The van der Waals surface area contributed by atoms with E-state index in [2.05, 4.69) is 28.4 Å². The summed E-state index contributed by atoms with van der Waals surface area (Å²) in [4.78, 5) is 20.1. The van der Waals surface area contributed by atoms with Gasteiger partial charge in [-0.3, -0.25) is 4.79 Å². The molecule has 2 saturated heterocycles. The highest BCUT2D eigenvalue weighted by Crippen LogP contribution is 2.60. The van der Waals surface area contributed by atoms with Crippen molar-refractivity contribution >= 4 is 27.5 Å². The van der Waals surface area contributed by atoms with Gasteiger partial charge in [0.2, 0.25) is 5.91 Å². The van der Waals surface area contributed by atoms with Crippen LogP contribution in [-0.4, -0.2) is 35.4 Å².